The molecule has 0 saturated carbocycles. The third kappa shape index (κ3) is 1.44. The minimum atomic E-state index is -0.963. The third-order valence-corrected chi connectivity index (χ3v) is 2.54. The summed E-state index contributed by atoms with van der Waals surface area (Å²) in [6.07, 6.45) is -0.407. The Hall–Kier alpha value is -0.880. The van der Waals surface area contributed by atoms with Gasteiger partial charge in [0.1, 0.15) is 11.9 Å². The fourth-order valence-corrected chi connectivity index (χ4v) is 1.74. The Kier molecular flexibility index (Phi) is 2.56. The Bertz CT molecular complexity index is 287. The van der Waals surface area contributed by atoms with E-state index in [1.165, 1.54) is 6.26 Å². The van der Waals surface area contributed by atoms with Gasteiger partial charge >= 0.3 is 0 Å². The molecule has 1 saturated heterocycles. The molecular weight excluding hydrogens is 186 g/mol. The van der Waals surface area contributed by atoms with Crippen LogP contribution in [0.25, 0.3) is 0 Å². The lowest BCUT2D eigenvalue weighted by Crippen LogP contribution is -2.35. The summed E-state index contributed by atoms with van der Waals surface area (Å²) >= 11 is 0. The molecule has 0 aliphatic carbocycles. The molecule has 14 heavy (non-hydrogen) atoms. The molecule has 1 fully saturated rings. The maximum absolute atomic E-state index is 9.65. The molecule has 1 aliphatic heterocycles. The van der Waals surface area contributed by atoms with Crippen LogP contribution >= 0.6 is 0 Å². The molecule has 2 rings (SSSR count). The lowest BCUT2D eigenvalue weighted by atomic mass is 10.1. The van der Waals surface area contributed by atoms with Crippen LogP contribution < -0.4 is 5.32 Å². The van der Waals surface area contributed by atoms with Crippen LogP contribution in [-0.2, 0) is 0 Å². The van der Waals surface area contributed by atoms with Crippen molar-refractivity contribution < 1.29 is 19.7 Å². The SMILES string of the molecule is OC[C@H]1N[C@H](c2ccco2)[C@H](O)[C@H]1O. The maximum Gasteiger partial charge on any atom is 0.123 e. The molecule has 0 unspecified atom stereocenters. The Morgan fingerprint density at radius 2 is 2.14 bits per heavy atom. The zero-order valence-electron chi connectivity index (χ0n) is 7.50. The molecule has 0 amide bonds. The van der Waals surface area contributed by atoms with Gasteiger partial charge in [-0.05, 0) is 12.1 Å². The van der Waals surface area contributed by atoms with Crippen LogP contribution in [0.2, 0.25) is 0 Å². The number of furan rings is 1. The van der Waals surface area contributed by atoms with Gasteiger partial charge < -0.3 is 19.7 Å². The molecule has 1 aromatic heterocycles. The summed E-state index contributed by atoms with van der Waals surface area (Å²) in [5.41, 5.74) is 0. The smallest absolute Gasteiger partial charge is 0.123 e. The highest BCUT2D eigenvalue weighted by Crippen LogP contribution is 2.27. The van der Waals surface area contributed by atoms with E-state index in [9.17, 15) is 10.2 Å². The van der Waals surface area contributed by atoms with Crippen LogP contribution in [0.4, 0.5) is 0 Å². The molecule has 4 atom stereocenters. The van der Waals surface area contributed by atoms with E-state index in [-0.39, 0.29) is 6.61 Å². The Morgan fingerprint density at radius 1 is 1.36 bits per heavy atom. The highest BCUT2D eigenvalue weighted by atomic mass is 16.4. The Labute approximate surface area is 81.0 Å². The lowest BCUT2D eigenvalue weighted by Gasteiger charge is -2.12. The lowest BCUT2D eigenvalue weighted by molar-refractivity contribution is 0.0173. The summed E-state index contributed by atoms with van der Waals surface area (Å²) in [7, 11) is 0. The fraction of sp³-hybridized carbons (Fsp3) is 0.556. The predicted molar refractivity (Wildman–Crippen MR) is 47.5 cm³/mol. The molecule has 0 radical (unpaired) electrons. The van der Waals surface area contributed by atoms with Gasteiger partial charge in [0.25, 0.3) is 0 Å². The van der Waals surface area contributed by atoms with Crippen LogP contribution in [0, 0.1) is 0 Å². The van der Waals surface area contributed by atoms with E-state index in [0.29, 0.717) is 5.76 Å². The predicted octanol–water partition coefficient (Wildman–Crippen LogP) is -0.993. The summed E-state index contributed by atoms with van der Waals surface area (Å²) in [4.78, 5) is 0. The van der Waals surface area contributed by atoms with E-state index in [1.807, 2.05) is 0 Å². The van der Waals surface area contributed by atoms with Gasteiger partial charge in [0.2, 0.25) is 0 Å². The first kappa shape index (κ1) is 9.67. The average molecular weight is 199 g/mol. The summed E-state index contributed by atoms with van der Waals surface area (Å²) in [6.45, 7) is -0.213. The van der Waals surface area contributed by atoms with E-state index in [4.69, 9.17) is 9.52 Å². The second-order valence-electron chi connectivity index (χ2n) is 3.43. The van der Waals surface area contributed by atoms with Gasteiger partial charge in [-0.15, -0.1) is 0 Å². The zero-order chi connectivity index (χ0) is 10.1. The average Bonchev–Trinajstić information content (AvgIpc) is 2.78. The minimum Gasteiger partial charge on any atom is -0.468 e. The first-order chi connectivity index (χ1) is 6.74. The standard InChI is InChI=1S/C9H13NO4/c11-4-5-8(12)9(13)7(10-5)6-2-1-3-14-6/h1-3,5,7-13H,4H2/t5-,7-,8+,9+/m1/s1. The number of aliphatic hydroxyl groups is 3. The van der Waals surface area contributed by atoms with Crippen LogP contribution in [0.3, 0.4) is 0 Å². The van der Waals surface area contributed by atoms with Crippen molar-refractivity contribution in [1.82, 2.24) is 5.32 Å². The van der Waals surface area contributed by atoms with Gasteiger partial charge in [0.05, 0.1) is 31.1 Å². The van der Waals surface area contributed by atoms with Crippen molar-refractivity contribution >= 4 is 0 Å². The van der Waals surface area contributed by atoms with Crippen molar-refractivity contribution in [3.8, 4) is 0 Å². The molecule has 5 heteroatoms. The Morgan fingerprint density at radius 3 is 2.64 bits per heavy atom. The first-order valence-electron chi connectivity index (χ1n) is 4.50. The summed E-state index contributed by atoms with van der Waals surface area (Å²) < 4.78 is 5.11. The molecule has 4 N–H and O–H groups in total. The Balaban J connectivity index is 2.16. The van der Waals surface area contributed by atoms with Gasteiger partial charge in [-0.3, -0.25) is 5.32 Å². The van der Waals surface area contributed by atoms with E-state index >= 15 is 0 Å². The number of hydrogen-bond acceptors (Lipinski definition) is 5. The van der Waals surface area contributed by atoms with Crippen molar-refractivity contribution in [2.24, 2.45) is 0 Å². The molecular formula is C9H13NO4. The van der Waals surface area contributed by atoms with Crippen molar-refractivity contribution in [1.29, 1.82) is 0 Å². The van der Waals surface area contributed by atoms with Crippen molar-refractivity contribution in [2.75, 3.05) is 6.61 Å². The summed E-state index contributed by atoms with van der Waals surface area (Å²) in [5, 5.41) is 31.0. The third-order valence-electron chi connectivity index (χ3n) is 2.54. The largest absolute Gasteiger partial charge is 0.468 e. The number of hydrogen-bond donors (Lipinski definition) is 4. The summed E-state index contributed by atoms with van der Waals surface area (Å²) in [5.74, 6) is 0.563. The van der Waals surface area contributed by atoms with Crippen LogP contribution in [0.5, 0.6) is 0 Å². The topological polar surface area (TPSA) is 85.9 Å². The van der Waals surface area contributed by atoms with Gasteiger partial charge in [0.15, 0.2) is 0 Å². The van der Waals surface area contributed by atoms with Crippen LogP contribution in [0.15, 0.2) is 22.8 Å². The molecule has 5 nitrogen and oxygen atoms in total. The maximum atomic E-state index is 9.65. The number of aliphatic hydroxyl groups excluding tert-OH is 3. The van der Waals surface area contributed by atoms with E-state index in [0.717, 1.165) is 0 Å². The number of rotatable bonds is 2. The molecule has 2 heterocycles. The minimum absolute atomic E-state index is 0.213. The monoisotopic (exact) mass is 199 g/mol. The number of nitrogens with one attached hydrogen (secondary N) is 1. The highest BCUT2D eigenvalue weighted by molar-refractivity contribution is 5.12. The van der Waals surface area contributed by atoms with Crippen molar-refractivity contribution in [3.05, 3.63) is 24.2 Å². The second kappa shape index (κ2) is 3.70. The normalized spacial score (nSPS) is 37.6. The van der Waals surface area contributed by atoms with E-state index in [2.05, 4.69) is 5.32 Å². The van der Waals surface area contributed by atoms with Crippen LogP contribution in [0.1, 0.15) is 11.8 Å². The molecule has 0 aromatic carbocycles. The molecule has 0 bridgehead atoms. The van der Waals surface area contributed by atoms with Crippen molar-refractivity contribution in [3.63, 3.8) is 0 Å². The van der Waals surface area contributed by atoms with Crippen molar-refractivity contribution in [2.45, 2.75) is 24.3 Å². The van der Waals surface area contributed by atoms with Gasteiger partial charge in [-0.25, -0.2) is 0 Å². The molecule has 1 aromatic rings. The van der Waals surface area contributed by atoms with Gasteiger partial charge in [-0.1, -0.05) is 0 Å². The quantitative estimate of drug-likeness (QED) is 0.491. The molecule has 1 aliphatic rings. The first-order valence-corrected chi connectivity index (χ1v) is 4.50. The van der Waals surface area contributed by atoms with E-state index < -0.39 is 24.3 Å². The van der Waals surface area contributed by atoms with Gasteiger partial charge in [0, 0.05) is 0 Å². The zero-order valence-corrected chi connectivity index (χ0v) is 7.50. The molecule has 78 valence electrons. The molecule has 0 spiro atoms. The highest BCUT2D eigenvalue weighted by Gasteiger charge is 2.42. The fourth-order valence-electron chi connectivity index (χ4n) is 1.74. The van der Waals surface area contributed by atoms with Crippen LogP contribution in [-0.4, -0.2) is 40.2 Å². The van der Waals surface area contributed by atoms with Gasteiger partial charge in [-0.2, -0.15) is 0 Å². The summed E-state index contributed by atoms with van der Waals surface area (Å²) in [6, 6.07) is 2.48. The second-order valence-corrected chi connectivity index (χ2v) is 3.43. The van der Waals surface area contributed by atoms with E-state index in [1.54, 1.807) is 12.1 Å².